The molecule has 1 aromatic rings. The van der Waals surface area contributed by atoms with Gasteiger partial charge in [-0.05, 0) is 42.6 Å². The SMILES string of the molecule is CSN1CCN2c3ncc(C4CCC4)cc3CCOC[C@@H]2C1. The molecule has 1 saturated carbocycles. The second-order valence-electron chi connectivity index (χ2n) is 6.62. The summed E-state index contributed by atoms with van der Waals surface area (Å²) in [5, 5.41) is 0. The van der Waals surface area contributed by atoms with E-state index in [9.17, 15) is 0 Å². The first kappa shape index (κ1) is 14.8. The summed E-state index contributed by atoms with van der Waals surface area (Å²) in [7, 11) is 0. The van der Waals surface area contributed by atoms with Crippen molar-refractivity contribution in [3.05, 3.63) is 23.4 Å². The highest BCUT2D eigenvalue weighted by Crippen LogP contribution is 2.38. The van der Waals surface area contributed by atoms with Gasteiger partial charge in [0.2, 0.25) is 0 Å². The van der Waals surface area contributed by atoms with Crippen LogP contribution in [0.1, 0.15) is 36.3 Å². The summed E-state index contributed by atoms with van der Waals surface area (Å²) < 4.78 is 8.37. The molecule has 3 heterocycles. The van der Waals surface area contributed by atoms with E-state index >= 15 is 0 Å². The zero-order valence-electron chi connectivity index (χ0n) is 13.3. The molecule has 2 aliphatic heterocycles. The summed E-state index contributed by atoms with van der Waals surface area (Å²) in [5.74, 6) is 1.98. The average molecular weight is 319 g/mol. The van der Waals surface area contributed by atoms with E-state index in [1.807, 2.05) is 11.9 Å². The largest absolute Gasteiger partial charge is 0.379 e. The van der Waals surface area contributed by atoms with Gasteiger partial charge in [-0.2, -0.15) is 0 Å². The summed E-state index contributed by atoms with van der Waals surface area (Å²) in [4.78, 5) is 7.40. The Morgan fingerprint density at radius 2 is 2.23 bits per heavy atom. The second kappa shape index (κ2) is 6.38. The number of ether oxygens (including phenoxy) is 1. The molecule has 3 aliphatic rings. The maximum atomic E-state index is 5.93. The molecule has 0 amide bonds. The highest BCUT2D eigenvalue weighted by Gasteiger charge is 2.31. The summed E-state index contributed by atoms with van der Waals surface area (Å²) >= 11 is 1.84. The number of pyridine rings is 1. The first-order chi connectivity index (χ1) is 10.8. The fourth-order valence-electron chi connectivity index (χ4n) is 3.74. The maximum Gasteiger partial charge on any atom is 0.132 e. The first-order valence-electron chi connectivity index (χ1n) is 8.47. The molecule has 0 bridgehead atoms. The predicted molar refractivity (Wildman–Crippen MR) is 91.6 cm³/mol. The first-order valence-corrected chi connectivity index (χ1v) is 9.65. The third-order valence-electron chi connectivity index (χ3n) is 5.34. The predicted octanol–water partition coefficient (Wildman–Crippen LogP) is 2.69. The van der Waals surface area contributed by atoms with E-state index in [1.165, 1.54) is 36.2 Å². The minimum absolute atomic E-state index is 0.433. The Labute approximate surface area is 137 Å². The third kappa shape index (κ3) is 2.74. The molecule has 1 aromatic heterocycles. The fourth-order valence-corrected chi connectivity index (χ4v) is 4.33. The molecular formula is C17H25N3OS. The zero-order chi connectivity index (χ0) is 14.9. The molecule has 22 heavy (non-hydrogen) atoms. The van der Waals surface area contributed by atoms with E-state index in [0.717, 1.165) is 45.2 Å². The molecule has 0 unspecified atom stereocenters. The molecule has 0 aromatic carbocycles. The standard InChI is InChI=1S/C17H25N3OS/c1-22-19-6-7-20-16(11-19)12-21-8-5-14-9-15(10-18-17(14)20)13-3-2-4-13/h9-10,13,16H,2-8,11-12H2,1H3/t16-/m0/s1. The molecule has 120 valence electrons. The number of hydrogen-bond donors (Lipinski definition) is 0. The van der Waals surface area contributed by atoms with Crippen molar-refractivity contribution in [2.75, 3.05) is 44.0 Å². The molecule has 4 rings (SSSR count). The third-order valence-corrected chi connectivity index (χ3v) is 6.19. The molecule has 1 atom stereocenters. The quantitative estimate of drug-likeness (QED) is 0.782. The lowest BCUT2D eigenvalue weighted by Crippen LogP contribution is -2.54. The summed E-state index contributed by atoms with van der Waals surface area (Å²) in [6.07, 6.45) is 9.36. The van der Waals surface area contributed by atoms with Gasteiger partial charge in [0.1, 0.15) is 5.82 Å². The Morgan fingerprint density at radius 3 is 3.00 bits per heavy atom. The van der Waals surface area contributed by atoms with Gasteiger partial charge in [0.15, 0.2) is 0 Å². The Balaban J connectivity index is 1.62. The van der Waals surface area contributed by atoms with E-state index in [2.05, 4.69) is 27.7 Å². The van der Waals surface area contributed by atoms with E-state index < -0.39 is 0 Å². The molecule has 1 saturated heterocycles. The van der Waals surface area contributed by atoms with Crippen molar-refractivity contribution in [1.82, 2.24) is 9.29 Å². The number of rotatable bonds is 2. The average Bonchev–Trinajstić information content (AvgIpc) is 2.48. The Bertz CT molecular complexity index is 535. The summed E-state index contributed by atoms with van der Waals surface area (Å²) in [6, 6.07) is 2.85. The van der Waals surface area contributed by atoms with Crippen molar-refractivity contribution >= 4 is 17.8 Å². The zero-order valence-corrected chi connectivity index (χ0v) is 14.1. The van der Waals surface area contributed by atoms with E-state index in [-0.39, 0.29) is 0 Å². The normalized spacial score (nSPS) is 26.6. The molecule has 4 nitrogen and oxygen atoms in total. The van der Waals surface area contributed by atoms with E-state index in [1.54, 1.807) is 0 Å². The van der Waals surface area contributed by atoms with Crippen LogP contribution in [0.3, 0.4) is 0 Å². The molecule has 0 radical (unpaired) electrons. The van der Waals surface area contributed by atoms with E-state index in [4.69, 9.17) is 9.72 Å². The highest BCUT2D eigenvalue weighted by molar-refractivity contribution is 7.96. The van der Waals surface area contributed by atoms with Crippen molar-refractivity contribution in [3.8, 4) is 0 Å². The van der Waals surface area contributed by atoms with Crippen LogP contribution in [0.25, 0.3) is 0 Å². The maximum absolute atomic E-state index is 5.93. The van der Waals surface area contributed by atoms with Crippen molar-refractivity contribution in [1.29, 1.82) is 0 Å². The van der Waals surface area contributed by atoms with Crippen LogP contribution < -0.4 is 4.90 Å². The van der Waals surface area contributed by atoms with Gasteiger partial charge in [-0.15, -0.1) is 0 Å². The smallest absolute Gasteiger partial charge is 0.132 e. The monoisotopic (exact) mass is 319 g/mol. The number of piperazine rings is 1. The van der Waals surface area contributed by atoms with Crippen molar-refractivity contribution < 1.29 is 4.74 Å². The van der Waals surface area contributed by atoms with Gasteiger partial charge < -0.3 is 9.64 Å². The van der Waals surface area contributed by atoms with Crippen LogP contribution in [0, 0.1) is 0 Å². The van der Waals surface area contributed by atoms with Crippen LogP contribution >= 0.6 is 11.9 Å². The molecule has 0 spiro atoms. The minimum Gasteiger partial charge on any atom is -0.379 e. The van der Waals surface area contributed by atoms with Crippen LogP contribution in [0.5, 0.6) is 0 Å². The number of aromatic nitrogens is 1. The number of nitrogens with zero attached hydrogens (tertiary/aromatic N) is 3. The van der Waals surface area contributed by atoms with Gasteiger partial charge in [-0.3, -0.25) is 0 Å². The van der Waals surface area contributed by atoms with Gasteiger partial charge in [0.05, 0.1) is 19.3 Å². The fraction of sp³-hybridized carbons (Fsp3) is 0.706. The van der Waals surface area contributed by atoms with Crippen molar-refractivity contribution in [2.24, 2.45) is 0 Å². The lowest BCUT2D eigenvalue weighted by Gasteiger charge is -2.42. The topological polar surface area (TPSA) is 28.6 Å². The van der Waals surface area contributed by atoms with Crippen LogP contribution in [-0.2, 0) is 11.2 Å². The number of fused-ring (bicyclic) bond motifs is 3. The van der Waals surface area contributed by atoms with Gasteiger partial charge in [-0.25, -0.2) is 9.29 Å². The van der Waals surface area contributed by atoms with Gasteiger partial charge in [0.25, 0.3) is 0 Å². The summed E-state index contributed by atoms with van der Waals surface area (Å²) in [5.41, 5.74) is 2.84. The van der Waals surface area contributed by atoms with Crippen LogP contribution in [0.15, 0.2) is 12.3 Å². The molecule has 2 fully saturated rings. The summed E-state index contributed by atoms with van der Waals surface area (Å²) in [6.45, 7) is 4.86. The number of anilines is 1. The van der Waals surface area contributed by atoms with Crippen molar-refractivity contribution in [2.45, 2.75) is 37.6 Å². The van der Waals surface area contributed by atoms with Gasteiger partial charge >= 0.3 is 0 Å². The minimum atomic E-state index is 0.433. The van der Waals surface area contributed by atoms with E-state index in [0.29, 0.717) is 6.04 Å². The Kier molecular flexibility index (Phi) is 4.29. The van der Waals surface area contributed by atoms with Gasteiger partial charge in [-0.1, -0.05) is 24.4 Å². The van der Waals surface area contributed by atoms with Crippen LogP contribution in [0.4, 0.5) is 5.82 Å². The molecular weight excluding hydrogens is 294 g/mol. The van der Waals surface area contributed by atoms with Crippen molar-refractivity contribution in [3.63, 3.8) is 0 Å². The van der Waals surface area contributed by atoms with Gasteiger partial charge in [0, 0.05) is 25.8 Å². The lowest BCUT2D eigenvalue weighted by molar-refractivity contribution is 0.106. The lowest BCUT2D eigenvalue weighted by atomic mass is 9.80. The van der Waals surface area contributed by atoms with Crippen LogP contribution in [0.2, 0.25) is 0 Å². The Hall–Kier alpha value is -0.780. The molecule has 1 aliphatic carbocycles. The highest BCUT2D eigenvalue weighted by atomic mass is 32.2. The molecule has 5 heteroatoms. The second-order valence-corrected chi connectivity index (χ2v) is 7.50. The molecule has 0 N–H and O–H groups in total. The number of hydrogen-bond acceptors (Lipinski definition) is 5. The Morgan fingerprint density at radius 1 is 1.32 bits per heavy atom. The van der Waals surface area contributed by atoms with Crippen LogP contribution in [-0.4, -0.2) is 54.4 Å².